The first-order valence-electron chi connectivity index (χ1n) is 10.3. The summed E-state index contributed by atoms with van der Waals surface area (Å²) in [4.78, 5) is 14.2. The number of likely N-dealkylation sites (N-methyl/N-ethyl adjacent to an activating group) is 1. The third kappa shape index (κ3) is 6.37. The summed E-state index contributed by atoms with van der Waals surface area (Å²) in [7, 11) is 1.99. The molecule has 3 rings (SSSR count). The molecule has 2 unspecified atom stereocenters. The number of fused-ring (bicyclic) bond motifs is 1. The molecule has 2 aromatic carbocycles. The van der Waals surface area contributed by atoms with Crippen LogP contribution in [0.3, 0.4) is 0 Å². The first kappa shape index (κ1) is 22.9. The van der Waals surface area contributed by atoms with Gasteiger partial charge in [0, 0.05) is 18.2 Å². The van der Waals surface area contributed by atoms with Gasteiger partial charge in [0.25, 0.3) is 0 Å². The van der Waals surface area contributed by atoms with Gasteiger partial charge in [-0.1, -0.05) is 18.6 Å². The lowest BCUT2D eigenvalue weighted by Crippen LogP contribution is -2.47. The molecule has 0 fully saturated rings. The Morgan fingerprint density at radius 2 is 1.81 bits per heavy atom. The minimum atomic E-state index is -4.38. The van der Waals surface area contributed by atoms with E-state index in [0.717, 1.165) is 36.5 Å². The molecule has 0 bridgehead atoms. The summed E-state index contributed by atoms with van der Waals surface area (Å²) in [5.41, 5.74) is -0.375. The number of hydrogen-bond acceptors (Lipinski definition) is 4. The lowest BCUT2D eigenvalue weighted by atomic mass is 10.1. The van der Waals surface area contributed by atoms with Gasteiger partial charge < -0.3 is 14.8 Å². The molecule has 168 valence electrons. The largest absolute Gasteiger partial charge is 0.484 e. The van der Waals surface area contributed by atoms with Crippen molar-refractivity contribution in [2.45, 2.75) is 51.1 Å². The highest BCUT2D eigenvalue weighted by atomic mass is 19.4. The van der Waals surface area contributed by atoms with E-state index in [0.29, 0.717) is 25.1 Å². The quantitative estimate of drug-likeness (QED) is 0.569. The number of halogens is 3. The minimum Gasteiger partial charge on any atom is -0.484 e. The van der Waals surface area contributed by atoms with Crippen LogP contribution < -0.4 is 14.8 Å². The standard InChI is InChI=1S/C23H27F3N2O3/c1-16(28(2)22-15-30-19-8-4-5-9-20(19)31-22)7-3-6-10-21(29)27-18-13-11-17(12-14-18)23(24,25)26/h4-5,8-9,11-14,16,22H,3,6-7,10,15H2,1-2H3,(H,27,29). The van der Waals surface area contributed by atoms with E-state index in [1.54, 1.807) is 0 Å². The summed E-state index contributed by atoms with van der Waals surface area (Å²) < 4.78 is 49.6. The number of rotatable bonds is 8. The van der Waals surface area contributed by atoms with Gasteiger partial charge in [0.1, 0.15) is 6.61 Å². The van der Waals surface area contributed by atoms with Gasteiger partial charge in [-0.05, 0) is 63.2 Å². The third-order valence-corrected chi connectivity index (χ3v) is 5.41. The van der Waals surface area contributed by atoms with Crippen LogP contribution in [0.25, 0.3) is 0 Å². The van der Waals surface area contributed by atoms with Gasteiger partial charge in [0.05, 0.1) is 5.56 Å². The molecule has 0 radical (unpaired) electrons. The molecule has 0 saturated heterocycles. The van der Waals surface area contributed by atoms with Crippen LogP contribution >= 0.6 is 0 Å². The molecule has 2 aromatic rings. The number of nitrogens with one attached hydrogen (secondary N) is 1. The van der Waals surface area contributed by atoms with Gasteiger partial charge in [-0.15, -0.1) is 0 Å². The van der Waals surface area contributed by atoms with E-state index in [4.69, 9.17) is 9.47 Å². The highest BCUT2D eigenvalue weighted by Gasteiger charge is 2.30. The molecule has 0 aromatic heterocycles. The highest BCUT2D eigenvalue weighted by molar-refractivity contribution is 5.90. The van der Waals surface area contributed by atoms with E-state index in [-0.39, 0.29) is 18.2 Å². The molecule has 8 heteroatoms. The summed E-state index contributed by atoms with van der Waals surface area (Å²) in [5, 5.41) is 2.64. The lowest BCUT2D eigenvalue weighted by Gasteiger charge is -2.36. The Morgan fingerprint density at radius 3 is 2.48 bits per heavy atom. The van der Waals surface area contributed by atoms with Crippen molar-refractivity contribution in [3.63, 3.8) is 0 Å². The number of carbonyl (C=O) groups is 1. The maximum Gasteiger partial charge on any atom is 0.416 e. The predicted octanol–water partition coefficient (Wildman–Crippen LogP) is 5.32. The first-order valence-corrected chi connectivity index (χ1v) is 10.3. The Balaban J connectivity index is 1.36. The van der Waals surface area contributed by atoms with Gasteiger partial charge in [-0.2, -0.15) is 13.2 Å². The Hall–Kier alpha value is -2.74. The maximum atomic E-state index is 12.6. The van der Waals surface area contributed by atoms with Crippen molar-refractivity contribution < 1.29 is 27.4 Å². The maximum absolute atomic E-state index is 12.6. The Bertz CT molecular complexity index is 871. The fourth-order valence-electron chi connectivity index (χ4n) is 3.39. The van der Waals surface area contributed by atoms with Crippen LogP contribution in [-0.4, -0.2) is 36.7 Å². The summed E-state index contributed by atoms with van der Waals surface area (Å²) in [6.45, 7) is 2.56. The van der Waals surface area contributed by atoms with Gasteiger partial charge >= 0.3 is 6.18 Å². The van der Waals surface area contributed by atoms with Gasteiger partial charge in [-0.25, -0.2) is 0 Å². The molecular weight excluding hydrogens is 409 g/mol. The van der Waals surface area contributed by atoms with Crippen LogP contribution in [0.2, 0.25) is 0 Å². The summed E-state index contributed by atoms with van der Waals surface area (Å²) >= 11 is 0. The zero-order chi connectivity index (χ0) is 22.4. The molecule has 31 heavy (non-hydrogen) atoms. The molecule has 1 heterocycles. The second-order valence-corrected chi connectivity index (χ2v) is 7.71. The normalized spacial score (nSPS) is 16.8. The fraction of sp³-hybridized carbons (Fsp3) is 0.435. The van der Waals surface area contributed by atoms with E-state index < -0.39 is 11.7 Å². The number of amides is 1. The molecule has 5 nitrogen and oxygen atoms in total. The first-order chi connectivity index (χ1) is 14.7. The molecule has 1 amide bonds. The topological polar surface area (TPSA) is 50.8 Å². The van der Waals surface area contributed by atoms with Gasteiger partial charge in [0.2, 0.25) is 5.91 Å². The fourth-order valence-corrected chi connectivity index (χ4v) is 3.39. The molecule has 0 spiro atoms. The summed E-state index contributed by atoms with van der Waals surface area (Å²) in [5.74, 6) is 1.28. The van der Waals surface area contributed by atoms with Crippen LogP contribution in [0, 0.1) is 0 Å². The van der Waals surface area contributed by atoms with Crippen molar-refractivity contribution in [2.75, 3.05) is 19.0 Å². The number of hydrogen-bond donors (Lipinski definition) is 1. The van der Waals surface area contributed by atoms with E-state index in [1.165, 1.54) is 12.1 Å². The van der Waals surface area contributed by atoms with Crippen LogP contribution in [0.4, 0.5) is 18.9 Å². The van der Waals surface area contributed by atoms with Crippen LogP contribution in [0.5, 0.6) is 11.5 Å². The molecular formula is C23H27F3N2O3. The van der Waals surface area contributed by atoms with Crippen molar-refractivity contribution in [3.05, 3.63) is 54.1 Å². The van der Waals surface area contributed by atoms with Crippen LogP contribution in [-0.2, 0) is 11.0 Å². The van der Waals surface area contributed by atoms with Crippen molar-refractivity contribution in [1.29, 1.82) is 0 Å². The zero-order valence-corrected chi connectivity index (χ0v) is 17.6. The average molecular weight is 436 g/mol. The summed E-state index contributed by atoms with van der Waals surface area (Å²) in [6, 6.07) is 12.3. The zero-order valence-electron chi connectivity index (χ0n) is 17.6. The van der Waals surface area contributed by atoms with Crippen LogP contribution in [0.1, 0.15) is 38.2 Å². The minimum absolute atomic E-state index is 0.173. The third-order valence-electron chi connectivity index (χ3n) is 5.41. The molecule has 1 N–H and O–H groups in total. The summed E-state index contributed by atoms with van der Waals surface area (Å²) in [6.07, 6.45) is -1.83. The molecule has 1 aliphatic heterocycles. The van der Waals surface area contributed by atoms with Crippen molar-refractivity contribution >= 4 is 11.6 Å². The van der Waals surface area contributed by atoms with Gasteiger partial charge in [0.15, 0.2) is 17.7 Å². The van der Waals surface area contributed by atoms with Crippen LogP contribution in [0.15, 0.2) is 48.5 Å². The van der Waals surface area contributed by atoms with Gasteiger partial charge in [-0.3, -0.25) is 9.69 Å². The predicted molar refractivity (Wildman–Crippen MR) is 112 cm³/mol. The Kier molecular flexibility index (Phi) is 7.43. The lowest BCUT2D eigenvalue weighted by molar-refractivity contribution is -0.137. The number of ether oxygens (including phenoxy) is 2. The molecule has 0 saturated carbocycles. The van der Waals surface area contributed by atoms with E-state index >= 15 is 0 Å². The van der Waals surface area contributed by atoms with E-state index in [9.17, 15) is 18.0 Å². The number of unbranched alkanes of at least 4 members (excludes halogenated alkanes) is 1. The van der Waals surface area contributed by atoms with Crippen molar-refractivity contribution in [3.8, 4) is 11.5 Å². The number of para-hydroxylation sites is 2. The molecule has 0 aliphatic carbocycles. The van der Waals surface area contributed by atoms with Crippen molar-refractivity contribution in [2.24, 2.45) is 0 Å². The second kappa shape index (κ2) is 10.0. The number of alkyl halides is 3. The molecule has 2 atom stereocenters. The monoisotopic (exact) mass is 436 g/mol. The second-order valence-electron chi connectivity index (χ2n) is 7.71. The average Bonchev–Trinajstić information content (AvgIpc) is 2.75. The highest BCUT2D eigenvalue weighted by Crippen LogP contribution is 2.32. The molecule has 1 aliphatic rings. The Labute approximate surface area is 180 Å². The smallest absolute Gasteiger partial charge is 0.416 e. The van der Waals surface area contributed by atoms with E-state index in [1.807, 2.05) is 31.3 Å². The number of carbonyl (C=O) groups excluding carboxylic acids is 1. The number of anilines is 1. The Morgan fingerprint density at radius 1 is 1.13 bits per heavy atom. The SMILES string of the molecule is CC(CCCCC(=O)Nc1ccc(C(F)(F)F)cc1)N(C)C1COc2ccccc2O1. The van der Waals surface area contributed by atoms with E-state index in [2.05, 4.69) is 17.1 Å². The number of benzene rings is 2. The number of nitrogens with zero attached hydrogens (tertiary/aromatic N) is 1. The van der Waals surface area contributed by atoms with Crippen molar-refractivity contribution in [1.82, 2.24) is 4.90 Å².